The molecule has 0 saturated carbocycles. The van der Waals surface area contributed by atoms with Gasteiger partial charge in [-0.15, -0.1) is 0 Å². The van der Waals surface area contributed by atoms with Gasteiger partial charge in [0, 0.05) is 6.07 Å². The summed E-state index contributed by atoms with van der Waals surface area (Å²) in [5.41, 5.74) is 6.26. The number of hydrogen-bond acceptors (Lipinski definition) is 5. The van der Waals surface area contributed by atoms with Crippen LogP contribution in [0, 0.1) is 0 Å². The fourth-order valence-electron chi connectivity index (χ4n) is 1.19. The first-order valence-corrected chi connectivity index (χ1v) is 3.88. The molecule has 0 bridgehead atoms. The molecule has 2 rings (SSSR count). The first-order chi connectivity index (χ1) is 6.29. The molecular weight excluding hydrogens is 174 g/mol. The lowest BCUT2D eigenvalue weighted by molar-refractivity contribution is 0.147. The Morgan fingerprint density at radius 3 is 3.08 bits per heavy atom. The summed E-state index contributed by atoms with van der Waals surface area (Å²) < 4.78 is 9.35. The molecule has 1 amide bonds. The predicted octanol–water partition coefficient (Wildman–Crippen LogP) is 0.0841. The van der Waals surface area contributed by atoms with Gasteiger partial charge < -0.3 is 15.0 Å². The van der Waals surface area contributed by atoms with Crippen molar-refractivity contribution in [1.29, 1.82) is 0 Å². The highest BCUT2D eigenvalue weighted by Crippen LogP contribution is 2.16. The molecule has 2 N–H and O–H groups in total. The fourth-order valence-corrected chi connectivity index (χ4v) is 1.19. The van der Waals surface area contributed by atoms with Crippen molar-refractivity contribution in [2.75, 3.05) is 13.2 Å². The molecule has 0 radical (unpaired) electrons. The largest absolute Gasteiger partial charge is 0.447 e. The zero-order valence-corrected chi connectivity index (χ0v) is 6.84. The quantitative estimate of drug-likeness (QED) is 0.702. The second-order valence-corrected chi connectivity index (χ2v) is 2.68. The third-order valence-electron chi connectivity index (χ3n) is 1.89. The van der Waals surface area contributed by atoms with E-state index >= 15 is 0 Å². The van der Waals surface area contributed by atoms with Gasteiger partial charge in [-0.25, -0.2) is 4.79 Å². The first-order valence-electron chi connectivity index (χ1n) is 3.88. The third kappa shape index (κ3) is 1.35. The Morgan fingerprint density at radius 2 is 2.54 bits per heavy atom. The molecular formula is C7H9N3O3. The predicted molar refractivity (Wildman–Crippen MR) is 41.5 cm³/mol. The minimum atomic E-state index is -0.575. The van der Waals surface area contributed by atoms with Gasteiger partial charge in [0.05, 0.1) is 6.54 Å². The summed E-state index contributed by atoms with van der Waals surface area (Å²) in [5, 5.41) is 3.65. The van der Waals surface area contributed by atoms with Crippen LogP contribution in [-0.4, -0.2) is 29.3 Å². The van der Waals surface area contributed by atoms with Crippen molar-refractivity contribution in [3.63, 3.8) is 0 Å². The molecule has 70 valence electrons. The van der Waals surface area contributed by atoms with E-state index < -0.39 is 12.3 Å². The van der Waals surface area contributed by atoms with Crippen molar-refractivity contribution >= 4 is 6.09 Å². The fraction of sp³-hybridized carbons (Fsp3) is 0.429. The molecule has 2 heterocycles. The number of aromatic nitrogens is 1. The Labute approximate surface area is 74.2 Å². The number of rotatable bonds is 2. The average Bonchev–Trinajstić information content (AvgIpc) is 2.72. The second-order valence-electron chi connectivity index (χ2n) is 2.68. The number of amides is 1. The Hall–Kier alpha value is -1.56. The van der Waals surface area contributed by atoms with Crippen LogP contribution in [0.5, 0.6) is 0 Å². The molecule has 1 aromatic heterocycles. The summed E-state index contributed by atoms with van der Waals surface area (Å²) in [5.74, 6) is 0. The van der Waals surface area contributed by atoms with Crippen molar-refractivity contribution in [2.45, 2.75) is 6.17 Å². The van der Waals surface area contributed by atoms with Gasteiger partial charge in [0.2, 0.25) is 0 Å². The van der Waals surface area contributed by atoms with Crippen LogP contribution in [0.1, 0.15) is 11.9 Å². The molecule has 1 fully saturated rings. The van der Waals surface area contributed by atoms with Crippen LogP contribution in [0.15, 0.2) is 16.9 Å². The molecule has 1 unspecified atom stereocenters. The molecule has 0 aromatic carbocycles. The average molecular weight is 183 g/mol. The van der Waals surface area contributed by atoms with Crippen LogP contribution in [0.3, 0.4) is 0 Å². The number of carbonyl (C=O) groups excluding carboxylic acids is 1. The van der Waals surface area contributed by atoms with E-state index in [2.05, 4.69) is 9.68 Å². The molecule has 0 spiro atoms. The van der Waals surface area contributed by atoms with Gasteiger partial charge in [-0.2, -0.15) is 0 Å². The van der Waals surface area contributed by atoms with Crippen molar-refractivity contribution in [3.8, 4) is 0 Å². The highest BCUT2D eigenvalue weighted by Gasteiger charge is 2.29. The summed E-state index contributed by atoms with van der Waals surface area (Å²) in [7, 11) is 0. The van der Waals surface area contributed by atoms with Gasteiger partial charge in [-0.05, 0) is 0 Å². The van der Waals surface area contributed by atoms with Gasteiger partial charge >= 0.3 is 6.09 Å². The molecule has 13 heavy (non-hydrogen) atoms. The van der Waals surface area contributed by atoms with E-state index in [1.54, 1.807) is 6.07 Å². The van der Waals surface area contributed by atoms with E-state index in [4.69, 9.17) is 10.5 Å². The maximum Gasteiger partial charge on any atom is 0.411 e. The van der Waals surface area contributed by atoms with Crippen molar-refractivity contribution in [1.82, 2.24) is 10.1 Å². The van der Waals surface area contributed by atoms with Crippen molar-refractivity contribution < 1.29 is 14.1 Å². The zero-order valence-electron chi connectivity index (χ0n) is 6.84. The molecule has 0 aliphatic carbocycles. The molecule has 6 heteroatoms. The molecule has 6 nitrogen and oxygen atoms in total. The van der Waals surface area contributed by atoms with Crippen LogP contribution in [0.4, 0.5) is 4.79 Å². The summed E-state index contributed by atoms with van der Waals surface area (Å²) in [4.78, 5) is 12.5. The highest BCUT2D eigenvalue weighted by atomic mass is 16.6. The van der Waals surface area contributed by atoms with E-state index in [-0.39, 0.29) is 0 Å². The SMILES string of the molecule is NC(c1ccon1)N1CCOC1=O. The number of nitrogens with zero attached hydrogens (tertiary/aromatic N) is 2. The van der Waals surface area contributed by atoms with Crippen molar-refractivity contribution in [3.05, 3.63) is 18.0 Å². The molecule has 1 aliphatic heterocycles. The van der Waals surface area contributed by atoms with E-state index in [9.17, 15) is 4.79 Å². The normalized spacial score (nSPS) is 18.8. The molecule has 1 saturated heterocycles. The van der Waals surface area contributed by atoms with Gasteiger partial charge in [-0.3, -0.25) is 4.90 Å². The number of carbonyl (C=O) groups is 1. The third-order valence-corrected chi connectivity index (χ3v) is 1.89. The van der Waals surface area contributed by atoms with E-state index in [1.165, 1.54) is 11.2 Å². The minimum Gasteiger partial charge on any atom is -0.447 e. The molecule has 1 atom stereocenters. The number of nitrogens with two attached hydrogens (primary N) is 1. The second kappa shape index (κ2) is 3.06. The summed E-state index contributed by atoms with van der Waals surface area (Å²) in [6.07, 6.45) is 0.431. The van der Waals surface area contributed by atoms with Gasteiger partial charge in [-0.1, -0.05) is 5.16 Å². The van der Waals surface area contributed by atoms with Crippen LogP contribution < -0.4 is 5.73 Å². The van der Waals surface area contributed by atoms with Gasteiger partial charge in [0.25, 0.3) is 0 Å². The smallest absolute Gasteiger partial charge is 0.411 e. The molecule has 1 aliphatic rings. The van der Waals surface area contributed by atoms with Crippen LogP contribution in [0.25, 0.3) is 0 Å². The van der Waals surface area contributed by atoms with Crippen LogP contribution >= 0.6 is 0 Å². The lowest BCUT2D eigenvalue weighted by Gasteiger charge is -2.18. The van der Waals surface area contributed by atoms with E-state index in [0.717, 1.165) is 0 Å². The lowest BCUT2D eigenvalue weighted by atomic mass is 10.3. The monoisotopic (exact) mass is 183 g/mol. The Kier molecular flexibility index (Phi) is 1.90. The highest BCUT2D eigenvalue weighted by molar-refractivity contribution is 5.69. The van der Waals surface area contributed by atoms with E-state index in [1.807, 2.05) is 0 Å². The van der Waals surface area contributed by atoms with Gasteiger partial charge in [0.1, 0.15) is 24.7 Å². The Balaban J connectivity index is 2.13. The number of cyclic esters (lactones) is 1. The maximum atomic E-state index is 11.1. The van der Waals surface area contributed by atoms with Crippen molar-refractivity contribution in [2.24, 2.45) is 5.73 Å². The Bertz CT molecular complexity index is 298. The molecule has 1 aromatic rings. The summed E-state index contributed by atoms with van der Waals surface area (Å²) in [6, 6.07) is 1.62. The van der Waals surface area contributed by atoms with Crippen LogP contribution in [-0.2, 0) is 4.74 Å². The summed E-state index contributed by atoms with van der Waals surface area (Å²) in [6.45, 7) is 0.872. The lowest BCUT2D eigenvalue weighted by Crippen LogP contribution is -2.35. The standard InChI is InChI=1S/C7H9N3O3/c8-6(5-1-3-13-9-5)10-2-4-12-7(10)11/h1,3,6H,2,4,8H2. The zero-order chi connectivity index (χ0) is 9.26. The number of ether oxygens (including phenoxy) is 1. The Morgan fingerprint density at radius 1 is 1.69 bits per heavy atom. The van der Waals surface area contributed by atoms with Gasteiger partial charge in [0.15, 0.2) is 0 Å². The number of hydrogen-bond donors (Lipinski definition) is 1. The topological polar surface area (TPSA) is 81.6 Å². The summed E-state index contributed by atoms with van der Waals surface area (Å²) >= 11 is 0. The first kappa shape index (κ1) is 8.06. The maximum absolute atomic E-state index is 11.1. The minimum absolute atomic E-state index is 0.379. The van der Waals surface area contributed by atoms with E-state index in [0.29, 0.717) is 18.8 Å². The van der Waals surface area contributed by atoms with Crippen LogP contribution in [0.2, 0.25) is 0 Å².